The Morgan fingerprint density at radius 2 is 2.07 bits per heavy atom. The fraction of sp³-hybridized carbons (Fsp3) is 0.571. The van der Waals surface area contributed by atoms with Gasteiger partial charge in [0.05, 0.1) is 6.54 Å². The van der Waals surface area contributed by atoms with Gasteiger partial charge in [0.2, 0.25) is 0 Å². The van der Waals surface area contributed by atoms with Crippen molar-refractivity contribution in [2.45, 2.75) is 58.0 Å². The highest BCUT2D eigenvalue weighted by Crippen LogP contribution is 2.29. The largest absolute Gasteiger partial charge is 0.349 e. The maximum Gasteiger partial charge on any atom is 0.194 e. The second-order valence-electron chi connectivity index (χ2n) is 7.68. The number of guanidine groups is 1. The van der Waals surface area contributed by atoms with E-state index >= 15 is 0 Å². The SMILES string of the molecule is CN=C(NCc1nnc2n1CCCCC2)N1CCC(c2ccccc2C)C1. The van der Waals surface area contributed by atoms with Crippen molar-refractivity contribution in [3.8, 4) is 0 Å². The summed E-state index contributed by atoms with van der Waals surface area (Å²) in [6, 6.07) is 8.75. The minimum absolute atomic E-state index is 0.578. The lowest BCUT2D eigenvalue weighted by molar-refractivity contribution is 0.481. The van der Waals surface area contributed by atoms with Crippen molar-refractivity contribution in [3.63, 3.8) is 0 Å². The number of likely N-dealkylation sites (tertiary alicyclic amines) is 1. The van der Waals surface area contributed by atoms with E-state index in [1.165, 1.54) is 36.8 Å². The van der Waals surface area contributed by atoms with Gasteiger partial charge in [0.1, 0.15) is 5.82 Å². The highest BCUT2D eigenvalue weighted by Gasteiger charge is 2.27. The second-order valence-corrected chi connectivity index (χ2v) is 7.68. The third-order valence-corrected chi connectivity index (χ3v) is 5.92. The van der Waals surface area contributed by atoms with Gasteiger partial charge in [0, 0.05) is 39.0 Å². The number of benzene rings is 1. The molecule has 0 amide bonds. The Morgan fingerprint density at radius 1 is 1.19 bits per heavy atom. The molecule has 1 aromatic carbocycles. The lowest BCUT2D eigenvalue weighted by atomic mass is 9.94. The van der Waals surface area contributed by atoms with Crippen LogP contribution in [0.1, 0.15) is 54.4 Å². The Hall–Kier alpha value is -2.37. The van der Waals surface area contributed by atoms with Gasteiger partial charge in [-0.1, -0.05) is 30.7 Å². The van der Waals surface area contributed by atoms with Gasteiger partial charge in [-0.25, -0.2) is 0 Å². The van der Waals surface area contributed by atoms with E-state index in [-0.39, 0.29) is 0 Å². The molecule has 1 N–H and O–H groups in total. The normalized spacial score (nSPS) is 20.4. The lowest BCUT2D eigenvalue weighted by Gasteiger charge is -2.22. The number of aliphatic imine (C=N–C) groups is 1. The molecule has 1 aromatic heterocycles. The molecule has 0 saturated carbocycles. The van der Waals surface area contributed by atoms with E-state index in [9.17, 15) is 0 Å². The van der Waals surface area contributed by atoms with Crippen molar-refractivity contribution in [3.05, 3.63) is 47.0 Å². The first kappa shape index (κ1) is 18.0. The number of aromatic nitrogens is 3. The molecule has 144 valence electrons. The molecular weight excluding hydrogens is 336 g/mol. The zero-order valence-corrected chi connectivity index (χ0v) is 16.5. The van der Waals surface area contributed by atoms with Crippen LogP contribution in [0.25, 0.3) is 0 Å². The minimum atomic E-state index is 0.578. The molecule has 0 radical (unpaired) electrons. The predicted octanol–water partition coefficient (Wildman–Crippen LogP) is 2.88. The first-order chi connectivity index (χ1) is 13.3. The van der Waals surface area contributed by atoms with Gasteiger partial charge in [0.15, 0.2) is 11.8 Å². The van der Waals surface area contributed by atoms with E-state index in [1.807, 2.05) is 7.05 Å². The lowest BCUT2D eigenvalue weighted by Crippen LogP contribution is -2.40. The quantitative estimate of drug-likeness (QED) is 0.670. The van der Waals surface area contributed by atoms with Crippen molar-refractivity contribution >= 4 is 5.96 Å². The summed E-state index contributed by atoms with van der Waals surface area (Å²) in [5, 5.41) is 12.3. The van der Waals surface area contributed by atoms with Crippen LogP contribution in [0.4, 0.5) is 0 Å². The predicted molar refractivity (Wildman–Crippen MR) is 108 cm³/mol. The van der Waals surface area contributed by atoms with Crippen LogP contribution in [0.5, 0.6) is 0 Å². The summed E-state index contributed by atoms with van der Waals surface area (Å²) in [6.07, 6.45) is 5.95. The number of nitrogens with one attached hydrogen (secondary N) is 1. The zero-order chi connectivity index (χ0) is 18.6. The smallest absolute Gasteiger partial charge is 0.194 e. The van der Waals surface area contributed by atoms with Crippen LogP contribution in [0.3, 0.4) is 0 Å². The van der Waals surface area contributed by atoms with Crippen LogP contribution in [0, 0.1) is 6.92 Å². The van der Waals surface area contributed by atoms with Gasteiger partial charge >= 0.3 is 0 Å². The van der Waals surface area contributed by atoms with Crippen molar-refractivity contribution in [1.82, 2.24) is 25.0 Å². The molecule has 0 aliphatic carbocycles. The summed E-state index contributed by atoms with van der Waals surface area (Å²) >= 11 is 0. The van der Waals surface area contributed by atoms with Crippen LogP contribution >= 0.6 is 0 Å². The summed E-state index contributed by atoms with van der Waals surface area (Å²) in [5.74, 6) is 3.72. The minimum Gasteiger partial charge on any atom is -0.349 e. The summed E-state index contributed by atoms with van der Waals surface area (Å²) in [6.45, 7) is 5.99. The van der Waals surface area contributed by atoms with E-state index in [0.29, 0.717) is 12.5 Å². The molecule has 2 aromatic rings. The third kappa shape index (κ3) is 3.84. The molecular formula is C21H30N6. The average Bonchev–Trinajstić information content (AvgIpc) is 3.24. The first-order valence-electron chi connectivity index (χ1n) is 10.2. The summed E-state index contributed by atoms with van der Waals surface area (Å²) in [7, 11) is 1.87. The summed E-state index contributed by atoms with van der Waals surface area (Å²) < 4.78 is 2.30. The van der Waals surface area contributed by atoms with Crippen molar-refractivity contribution in [2.24, 2.45) is 4.99 Å². The molecule has 1 atom stereocenters. The monoisotopic (exact) mass is 366 g/mol. The molecule has 4 rings (SSSR count). The first-order valence-corrected chi connectivity index (χ1v) is 10.2. The fourth-order valence-corrected chi connectivity index (χ4v) is 4.42. The average molecular weight is 367 g/mol. The molecule has 0 bridgehead atoms. The summed E-state index contributed by atoms with van der Waals surface area (Å²) in [5.41, 5.74) is 2.86. The van der Waals surface area contributed by atoms with Crippen molar-refractivity contribution in [1.29, 1.82) is 0 Å². The summed E-state index contributed by atoms with van der Waals surface area (Å²) in [4.78, 5) is 6.90. The molecule has 2 aliphatic heterocycles. The number of nitrogens with zero attached hydrogens (tertiary/aromatic N) is 5. The van der Waals surface area contributed by atoms with Crippen LogP contribution in [-0.2, 0) is 19.5 Å². The molecule has 1 unspecified atom stereocenters. The fourth-order valence-electron chi connectivity index (χ4n) is 4.42. The molecule has 1 fully saturated rings. The maximum atomic E-state index is 4.52. The molecule has 2 aliphatic rings. The van der Waals surface area contributed by atoms with Gasteiger partial charge in [-0.3, -0.25) is 4.99 Å². The Labute approximate surface area is 161 Å². The molecule has 6 heteroatoms. The van der Waals surface area contributed by atoms with E-state index in [4.69, 9.17) is 0 Å². The molecule has 6 nitrogen and oxygen atoms in total. The second kappa shape index (κ2) is 8.11. The number of hydrogen-bond donors (Lipinski definition) is 1. The van der Waals surface area contributed by atoms with Gasteiger partial charge < -0.3 is 14.8 Å². The zero-order valence-electron chi connectivity index (χ0n) is 16.5. The molecule has 27 heavy (non-hydrogen) atoms. The number of hydrogen-bond acceptors (Lipinski definition) is 3. The molecule has 1 saturated heterocycles. The van der Waals surface area contributed by atoms with E-state index in [1.54, 1.807) is 0 Å². The Balaban J connectivity index is 1.39. The molecule has 3 heterocycles. The van der Waals surface area contributed by atoms with Gasteiger partial charge in [-0.15, -0.1) is 10.2 Å². The topological polar surface area (TPSA) is 58.3 Å². The van der Waals surface area contributed by atoms with Gasteiger partial charge in [0.25, 0.3) is 0 Å². The Kier molecular flexibility index (Phi) is 5.41. The van der Waals surface area contributed by atoms with Gasteiger partial charge in [-0.2, -0.15) is 0 Å². The van der Waals surface area contributed by atoms with Crippen LogP contribution < -0.4 is 5.32 Å². The van der Waals surface area contributed by atoms with Crippen LogP contribution in [-0.4, -0.2) is 45.8 Å². The van der Waals surface area contributed by atoms with Crippen LogP contribution in [0.15, 0.2) is 29.3 Å². The Morgan fingerprint density at radius 3 is 2.93 bits per heavy atom. The highest BCUT2D eigenvalue weighted by atomic mass is 15.3. The highest BCUT2D eigenvalue weighted by molar-refractivity contribution is 5.80. The third-order valence-electron chi connectivity index (χ3n) is 5.92. The van der Waals surface area contributed by atoms with Crippen molar-refractivity contribution < 1.29 is 0 Å². The van der Waals surface area contributed by atoms with Crippen molar-refractivity contribution in [2.75, 3.05) is 20.1 Å². The number of aryl methyl sites for hydroxylation is 2. The van der Waals surface area contributed by atoms with E-state index < -0.39 is 0 Å². The molecule has 0 spiro atoms. The van der Waals surface area contributed by atoms with E-state index in [0.717, 1.165) is 43.7 Å². The Bertz CT molecular complexity index is 809. The van der Waals surface area contributed by atoms with E-state index in [2.05, 4.69) is 61.2 Å². The standard InChI is InChI=1S/C21H30N6/c1-16-8-5-6-9-18(16)17-11-13-26(15-17)21(22-2)23-14-20-25-24-19-10-4-3-7-12-27(19)20/h5-6,8-9,17H,3-4,7,10-15H2,1-2H3,(H,22,23). The maximum absolute atomic E-state index is 4.52. The van der Waals surface area contributed by atoms with Gasteiger partial charge in [-0.05, 0) is 37.3 Å². The number of rotatable bonds is 3. The number of fused-ring (bicyclic) bond motifs is 1. The van der Waals surface area contributed by atoms with Crippen LogP contribution in [0.2, 0.25) is 0 Å².